The van der Waals surface area contributed by atoms with Gasteiger partial charge < -0.3 is 14.6 Å². The van der Waals surface area contributed by atoms with Crippen LogP contribution in [0.1, 0.15) is 33.6 Å². The highest BCUT2D eigenvalue weighted by atomic mass is 16.6. The molecule has 4 nitrogen and oxygen atoms in total. The van der Waals surface area contributed by atoms with Gasteiger partial charge in [-0.25, -0.2) is 4.79 Å². The fourth-order valence-electron chi connectivity index (χ4n) is 4.41. The van der Waals surface area contributed by atoms with E-state index in [0.29, 0.717) is 0 Å². The molecule has 4 heteroatoms. The summed E-state index contributed by atoms with van der Waals surface area (Å²) in [5, 5.41) is 10.4. The van der Waals surface area contributed by atoms with Gasteiger partial charge in [0.1, 0.15) is 17.8 Å². The predicted octanol–water partition coefficient (Wildman–Crippen LogP) is 1.49. The van der Waals surface area contributed by atoms with Crippen LogP contribution in [-0.2, 0) is 14.3 Å². The molecule has 1 saturated heterocycles. The second-order valence-corrected chi connectivity index (χ2v) is 6.44. The van der Waals surface area contributed by atoms with Gasteiger partial charge in [-0.1, -0.05) is 11.6 Å². The molecule has 0 amide bonds. The summed E-state index contributed by atoms with van der Waals surface area (Å²) in [7, 11) is 0. The van der Waals surface area contributed by atoms with Gasteiger partial charge in [0.05, 0.1) is 11.5 Å². The van der Waals surface area contributed by atoms with Crippen LogP contribution in [-0.4, -0.2) is 34.5 Å². The third-order valence-electron chi connectivity index (χ3n) is 5.53. The molecular weight excluding hydrogens is 244 g/mol. The molecule has 1 saturated carbocycles. The molecule has 0 bridgehead atoms. The molecule has 2 aliphatic heterocycles. The molecular formula is C15H18O4. The molecule has 4 aliphatic rings. The van der Waals surface area contributed by atoms with E-state index in [9.17, 15) is 9.90 Å². The first-order chi connectivity index (χ1) is 8.91. The number of aliphatic hydroxyl groups is 1. The van der Waals surface area contributed by atoms with Crippen LogP contribution in [0.3, 0.4) is 0 Å². The van der Waals surface area contributed by atoms with Gasteiger partial charge in [0.15, 0.2) is 0 Å². The van der Waals surface area contributed by atoms with E-state index < -0.39 is 11.7 Å². The summed E-state index contributed by atoms with van der Waals surface area (Å²) in [5.41, 5.74) is 2.06. The number of hydrogen-bond donors (Lipinski definition) is 1. The lowest BCUT2D eigenvalue weighted by Crippen LogP contribution is -2.42. The van der Waals surface area contributed by atoms with Crippen LogP contribution >= 0.6 is 0 Å². The van der Waals surface area contributed by atoms with Crippen molar-refractivity contribution < 1.29 is 19.4 Å². The van der Waals surface area contributed by atoms with Crippen molar-refractivity contribution in [1.82, 2.24) is 0 Å². The number of carbonyl (C=O) groups is 1. The van der Waals surface area contributed by atoms with Crippen LogP contribution in [0.4, 0.5) is 0 Å². The normalized spacial score (nSPS) is 51.1. The first-order valence-electron chi connectivity index (χ1n) is 6.88. The summed E-state index contributed by atoms with van der Waals surface area (Å²) >= 11 is 0. The van der Waals surface area contributed by atoms with Gasteiger partial charge in [-0.3, -0.25) is 0 Å². The number of esters is 1. The minimum atomic E-state index is -0.596. The Labute approximate surface area is 112 Å². The standard InChI is InChI=1S/C15H18O4/c1-7-6-10(16)15-11(7)12-9(8(2)13(17)18-12)4-5-14(15,3)19-15/h6,10-12,16H,4-5H2,1-3H3/t10-,11-,12+,14?,15?/m1/s1. The van der Waals surface area contributed by atoms with Crippen molar-refractivity contribution in [3.63, 3.8) is 0 Å². The summed E-state index contributed by atoms with van der Waals surface area (Å²) < 4.78 is 11.6. The number of rotatable bonds is 0. The first kappa shape index (κ1) is 11.7. The third kappa shape index (κ3) is 1.11. The van der Waals surface area contributed by atoms with Crippen molar-refractivity contribution in [2.24, 2.45) is 5.92 Å². The summed E-state index contributed by atoms with van der Waals surface area (Å²) in [6, 6.07) is 0. The molecule has 2 unspecified atom stereocenters. The number of fused-ring (bicyclic) bond motifs is 2. The van der Waals surface area contributed by atoms with E-state index >= 15 is 0 Å². The fourth-order valence-corrected chi connectivity index (χ4v) is 4.41. The summed E-state index contributed by atoms with van der Waals surface area (Å²) in [5.74, 6) is -0.250. The van der Waals surface area contributed by atoms with Crippen LogP contribution < -0.4 is 0 Å². The summed E-state index contributed by atoms with van der Waals surface area (Å²) in [6.07, 6.45) is 2.67. The van der Waals surface area contributed by atoms with Crippen LogP contribution in [0.15, 0.2) is 22.8 Å². The van der Waals surface area contributed by atoms with E-state index in [0.717, 1.165) is 29.6 Å². The molecule has 0 aromatic rings. The quantitative estimate of drug-likeness (QED) is 0.408. The maximum Gasteiger partial charge on any atom is 0.334 e. The number of hydrogen-bond acceptors (Lipinski definition) is 4. The van der Waals surface area contributed by atoms with E-state index in [2.05, 4.69) is 6.92 Å². The average Bonchev–Trinajstić information content (AvgIpc) is 2.77. The molecule has 4 rings (SSSR count). The van der Waals surface area contributed by atoms with Crippen LogP contribution in [0, 0.1) is 5.92 Å². The molecule has 102 valence electrons. The first-order valence-corrected chi connectivity index (χ1v) is 6.88. The van der Waals surface area contributed by atoms with Crippen LogP contribution in [0.5, 0.6) is 0 Å². The number of carbonyl (C=O) groups excluding carboxylic acids is 1. The topological polar surface area (TPSA) is 59.1 Å². The molecule has 2 aliphatic carbocycles. The van der Waals surface area contributed by atoms with Crippen LogP contribution in [0.25, 0.3) is 0 Å². The van der Waals surface area contributed by atoms with Gasteiger partial charge in [0.2, 0.25) is 0 Å². The highest BCUT2D eigenvalue weighted by Crippen LogP contribution is 2.66. The second-order valence-electron chi connectivity index (χ2n) is 6.44. The summed E-state index contributed by atoms with van der Waals surface area (Å²) in [4.78, 5) is 11.8. The van der Waals surface area contributed by atoms with E-state index in [1.165, 1.54) is 0 Å². The largest absolute Gasteiger partial charge is 0.454 e. The lowest BCUT2D eigenvalue weighted by Gasteiger charge is -2.27. The van der Waals surface area contributed by atoms with Gasteiger partial charge in [0.25, 0.3) is 0 Å². The molecule has 19 heavy (non-hydrogen) atoms. The molecule has 2 fully saturated rings. The third-order valence-corrected chi connectivity index (χ3v) is 5.53. The predicted molar refractivity (Wildman–Crippen MR) is 67.3 cm³/mol. The molecule has 0 radical (unpaired) electrons. The monoisotopic (exact) mass is 262 g/mol. The van der Waals surface area contributed by atoms with E-state index in [1.54, 1.807) is 0 Å². The van der Waals surface area contributed by atoms with Crippen LogP contribution in [0.2, 0.25) is 0 Å². The molecule has 5 atom stereocenters. The molecule has 2 heterocycles. The van der Waals surface area contributed by atoms with E-state index in [4.69, 9.17) is 9.47 Å². The minimum Gasteiger partial charge on any atom is -0.454 e. The SMILES string of the molecule is CC1=C[C@@H](O)C23OC2(C)CCC2=C(C)C(=O)O[C@@H]2[C@@H]13. The van der Waals surface area contributed by atoms with Crippen molar-refractivity contribution in [1.29, 1.82) is 0 Å². The minimum absolute atomic E-state index is 0.0357. The summed E-state index contributed by atoms with van der Waals surface area (Å²) in [6.45, 7) is 5.90. The Morgan fingerprint density at radius 2 is 2.16 bits per heavy atom. The lowest BCUT2D eigenvalue weighted by molar-refractivity contribution is -0.142. The maximum atomic E-state index is 11.8. The van der Waals surface area contributed by atoms with Crippen molar-refractivity contribution in [2.75, 3.05) is 0 Å². The second kappa shape index (κ2) is 3.13. The zero-order chi connectivity index (χ0) is 13.6. The number of aliphatic hydroxyl groups excluding tert-OH is 1. The molecule has 0 aromatic heterocycles. The Bertz CT molecular complexity index is 560. The Morgan fingerprint density at radius 3 is 2.89 bits per heavy atom. The van der Waals surface area contributed by atoms with E-state index in [1.807, 2.05) is 19.9 Å². The highest BCUT2D eigenvalue weighted by molar-refractivity contribution is 5.92. The highest BCUT2D eigenvalue weighted by Gasteiger charge is 2.78. The molecule has 1 spiro atoms. The smallest absolute Gasteiger partial charge is 0.334 e. The molecule has 0 aromatic carbocycles. The zero-order valence-corrected chi connectivity index (χ0v) is 11.4. The Morgan fingerprint density at radius 1 is 1.42 bits per heavy atom. The van der Waals surface area contributed by atoms with Crippen molar-refractivity contribution >= 4 is 5.97 Å². The van der Waals surface area contributed by atoms with Gasteiger partial charge in [-0.15, -0.1) is 0 Å². The maximum absolute atomic E-state index is 11.8. The number of ether oxygens (including phenoxy) is 2. The van der Waals surface area contributed by atoms with Gasteiger partial charge in [-0.05, 0) is 39.2 Å². The van der Waals surface area contributed by atoms with Crippen molar-refractivity contribution in [2.45, 2.75) is 57.0 Å². The average molecular weight is 262 g/mol. The van der Waals surface area contributed by atoms with Gasteiger partial charge in [0, 0.05) is 5.57 Å². The Balaban J connectivity index is 1.87. The molecule has 1 N–H and O–H groups in total. The Kier molecular flexibility index (Phi) is 1.92. The number of epoxide rings is 1. The fraction of sp³-hybridized carbons (Fsp3) is 0.667. The van der Waals surface area contributed by atoms with E-state index in [-0.39, 0.29) is 23.6 Å². The van der Waals surface area contributed by atoms with Crippen molar-refractivity contribution in [3.05, 3.63) is 22.8 Å². The van der Waals surface area contributed by atoms with Crippen molar-refractivity contribution in [3.8, 4) is 0 Å². The zero-order valence-electron chi connectivity index (χ0n) is 11.4. The lowest BCUT2D eigenvalue weighted by atomic mass is 9.78. The van der Waals surface area contributed by atoms with Gasteiger partial charge in [-0.2, -0.15) is 0 Å². The van der Waals surface area contributed by atoms with Gasteiger partial charge >= 0.3 is 5.97 Å². The Hall–Kier alpha value is -1.13.